The highest BCUT2D eigenvalue weighted by atomic mass is 16.4. The summed E-state index contributed by atoms with van der Waals surface area (Å²) in [6.07, 6.45) is 0. The predicted octanol–water partition coefficient (Wildman–Crippen LogP) is 0.646. The minimum atomic E-state index is -1.06. The maximum absolute atomic E-state index is 11.7. The molecule has 0 saturated heterocycles. The fourth-order valence-corrected chi connectivity index (χ4v) is 1.50. The highest BCUT2D eigenvalue weighted by molar-refractivity contribution is 6.02. The van der Waals surface area contributed by atoms with Crippen LogP contribution in [0.3, 0.4) is 0 Å². The van der Waals surface area contributed by atoms with Gasteiger partial charge in [0.05, 0.1) is 5.56 Å². The molecule has 0 fully saturated rings. The maximum Gasteiger partial charge on any atom is 0.336 e. The summed E-state index contributed by atoms with van der Waals surface area (Å²) in [5, 5.41) is 17.4. The topological polar surface area (TPSA) is 134 Å². The molecule has 0 spiro atoms. The number of carboxylic acid groups (broad SMARTS) is 1. The number of carbonyl (C=O) groups is 2. The highest BCUT2D eigenvalue weighted by Crippen LogP contribution is 2.15. The van der Waals surface area contributed by atoms with Gasteiger partial charge in [-0.3, -0.25) is 9.89 Å². The summed E-state index contributed by atoms with van der Waals surface area (Å²) >= 11 is 0. The van der Waals surface area contributed by atoms with Crippen molar-refractivity contribution in [3.8, 4) is 0 Å². The number of hydrogen-bond donors (Lipinski definition) is 4. The Morgan fingerprint density at radius 3 is 2.74 bits per heavy atom. The fraction of sp³-hybridized carbons (Fsp3) is 0.0909. The average Bonchev–Trinajstić information content (AvgIpc) is 2.78. The number of amides is 1. The number of H-pyrrole nitrogens is 1. The molecule has 0 unspecified atom stereocenters. The molecule has 2 aromatic rings. The van der Waals surface area contributed by atoms with Crippen LogP contribution in [0, 0.1) is 6.92 Å². The van der Waals surface area contributed by atoms with Crippen LogP contribution < -0.4 is 11.1 Å². The van der Waals surface area contributed by atoms with Crippen molar-refractivity contribution in [2.45, 2.75) is 6.92 Å². The molecule has 8 heteroatoms. The molecule has 1 heterocycles. The van der Waals surface area contributed by atoms with Crippen molar-refractivity contribution in [2.75, 3.05) is 11.1 Å². The third-order valence-electron chi connectivity index (χ3n) is 2.44. The largest absolute Gasteiger partial charge is 0.478 e. The molecule has 0 radical (unpaired) electrons. The van der Waals surface area contributed by atoms with Gasteiger partial charge in [-0.05, 0) is 24.6 Å². The number of nitrogen functional groups attached to an aromatic ring is 1. The Balaban J connectivity index is 2.22. The highest BCUT2D eigenvalue weighted by Gasteiger charge is 2.13. The number of anilines is 2. The third-order valence-corrected chi connectivity index (χ3v) is 2.44. The van der Waals surface area contributed by atoms with Crippen LogP contribution in [0.5, 0.6) is 0 Å². The molecule has 0 atom stereocenters. The van der Waals surface area contributed by atoms with E-state index in [1.54, 1.807) is 19.1 Å². The number of rotatable bonds is 3. The van der Waals surface area contributed by atoms with E-state index in [1.165, 1.54) is 6.07 Å². The van der Waals surface area contributed by atoms with E-state index < -0.39 is 11.9 Å². The molecule has 0 aliphatic heterocycles. The number of carboxylic acids is 1. The summed E-state index contributed by atoms with van der Waals surface area (Å²) in [4.78, 5) is 26.4. The van der Waals surface area contributed by atoms with Crippen LogP contribution in [0.1, 0.15) is 26.5 Å². The second-order valence-corrected chi connectivity index (χ2v) is 3.83. The van der Waals surface area contributed by atoms with E-state index in [0.717, 1.165) is 0 Å². The van der Waals surface area contributed by atoms with E-state index in [4.69, 9.17) is 10.8 Å². The standard InChI is InChI=1S/C11H11N5O3/c1-5-2-3-6(4-7(5)10(18)19)13-9(17)8-14-11(12)16-15-8/h2-4H,1H3,(H,13,17)(H,18,19)(H3,12,14,15,16). The number of nitrogens with one attached hydrogen (secondary N) is 2. The van der Waals surface area contributed by atoms with Gasteiger partial charge in [-0.15, -0.1) is 5.10 Å². The number of aromatic nitrogens is 3. The van der Waals surface area contributed by atoms with Crippen LogP contribution in [0.25, 0.3) is 0 Å². The molecule has 0 saturated carbocycles. The van der Waals surface area contributed by atoms with Crippen molar-refractivity contribution in [1.82, 2.24) is 15.2 Å². The smallest absolute Gasteiger partial charge is 0.336 e. The Hall–Kier alpha value is -2.90. The SMILES string of the molecule is Cc1ccc(NC(=O)c2nc(N)n[nH]2)cc1C(=O)O. The van der Waals surface area contributed by atoms with Crippen LogP contribution >= 0.6 is 0 Å². The Kier molecular flexibility index (Phi) is 3.15. The second-order valence-electron chi connectivity index (χ2n) is 3.83. The lowest BCUT2D eigenvalue weighted by Crippen LogP contribution is -2.14. The van der Waals surface area contributed by atoms with Gasteiger partial charge in [0, 0.05) is 5.69 Å². The zero-order valence-corrected chi connectivity index (χ0v) is 9.97. The van der Waals surface area contributed by atoms with Crippen molar-refractivity contribution in [3.05, 3.63) is 35.2 Å². The molecule has 1 amide bonds. The molecule has 5 N–H and O–H groups in total. The Labute approximate surface area is 107 Å². The van der Waals surface area contributed by atoms with Gasteiger partial charge in [-0.25, -0.2) is 4.79 Å². The molecular weight excluding hydrogens is 250 g/mol. The quantitative estimate of drug-likeness (QED) is 0.640. The van der Waals surface area contributed by atoms with E-state index in [-0.39, 0.29) is 17.3 Å². The van der Waals surface area contributed by atoms with E-state index >= 15 is 0 Å². The number of nitrogens with two attached hydrogens (primary N) is 1. The number of aryl methyl sites for hydroxylation is 1. The fourth-order valence-electron chi connectivity index (χ4n) is 1.50. The average molecular weight is 261 g/mol. The Bertz CT molecular complexity index is 650. The number of nitrogens with zero attached hydrogens (tertiary/aromatic N) is 2. The lowest BCUT2D eigenvalue weighted by atomic mass is 10.1. The van der Waals surface area contributed by atoms with Crippen molar-refractivity contribution in [1.29, 1.82) is 0 Å². The summed E-state index contributed by atoms with van der Waals surface area (Å²) in [7, 11) is 0. The molecule has 19 heavy (non-hydrogen) atoms. The first-order valence-corrected chi connectivity index (χ1v) is 5.30. The first kappa shape index (κ1) is 12.6. The molecule has 8 nitrogen and oxygen atoms in total. The van der Waals surface area contributed by atoms with Crippen LogP contribution in [0.2, 0.25) is 0 Å². The molecule has 1 aromatic carbocycles. The minimum absolute atomic E-state index is 0.0414. The molecule has 1 aromatic heterocycles. The van der Waals surface area contributed by atoms with Crippen molar-refractivity contribution >= 4 is 23.5 Å². The number of aromatic carboxylic acids is 1. The molecule has 0 aliphatic carbocycles. The van der Waals surface area contributed by atoms with Crippen LogP contribution in [0.15, 0.2) is 18.2 Å². The second kappa shape index (κ2) is 4.77. The van der Waals surface area contributed by atoms with Gasteiger partial charge in [0.2, 0.25) is 11.8 Å². The summed E-state index contributed by atoms with van der Waals surface area (Å²) in [6, 6.07) is 4.57. The monoisotopic (exact) mass is 261 g/mol. The first-order valence-electron chi connectivity index (χ1n) is 5.30. The van der Waals surface area contributed by atoms with Gasteiger partial charge in [0.25, 0.3) is 5.91 Å². The first-order chi connectivity index (χ1) is 8.97. The zero-order chi connectivity index (χ0) is 14.0. The summed E-state index contributed by atoms with van der Waals surface area (Å²) in [5.41, 5.74) is 6.36. The van der Waals surface area contributed by atoms with Gasteiger partial charge in [-0.1, -0.05) is 6.07 Å². The van der Waals surface area contributed by atoms with Gasteiger partial charge < -0.3 is 16.2 Å². The Morgan fingerprint density at radius 2 is 2.16 bits per heavy atom. The summed E-state index contributed by atoms with van der Waals surface area (Å²) in [5.74, 6) is -1.70. The number of benzene rings is 1. The van der Waals surface area contributed by atoms with E-state index in [2.05, 4.69) is 20.5 Å². The summed E-state index contributed by atoms with van der Waals surface area (Å²) in [6.45, 7) is 1.67. The summed E-state index contributed by atoms with van der Waals surface area (Å²) < 4.78 is 0. The Morgan fingerprint density at radius 1 is 1.42 bits per heavy atom. The third kappa shape index (κ3) is 2.68. The van der Waals surface area contributed by atoms with Crippen LogP contribution in [-0.4, -0.2) is 32.2 Å². The van der Waals surface area contributed by atoms with Crippen molar-refractivity contribution in [3.63, 3.8) is 0 Å². The molecular formula is C11H11N5O3. The van der Waals surface area contributed by atoms with Gasteiger partial charge in [-0.2, -0.15) is 4.98 Å². The van der Waals surface area contributed by atoms with Crippen molar-refractivity contribution in [2.24, 2.45) is 0 Å². The van der Waals surface area contributed by atoms with Gasteiger partial charge in [0.15, 0.2) is 0 Å². The van der Waals surface area contributed by atoms with Crippen LogP contribution in [-0.2, 0) is 0 Å². The van der Waals surface area contributed by atoms with Crippen LogP contribution in [0.4, 0.5) is 11.6 Å². The number of aromatic amines is 1. The predicted molar refractivity (Wildman–Crippen MR) is 66.9 cm³/mol. The van der Waals surface area contributed by atoms with Gasteiger partial charge >= 0.3 is 5.97 Å². The molecule has 0 aliphatic rings. The zero-order valence-electron chi connectivity index (χ0n) is 9.97. The molecule has 2 rings (SSSR count). The minimum Gasteiger partial charge on any atom is -0.478 e. The molecule has 98 valence electrons. The lowest BCUT2D eigenvalue weighted by Gasteiger charge is -2.06. The number of carbonyl (C=O) groups excluding carboxylic acids is 1. The van der Waals surface area contributed by atoms with E-state index in [9.17, 15) is 9.59 Å². The molecule has 0 bridgehead atoms. The van der Waals surface area contributed by atoms with Gasteiger partial charge in [0.1, 0.15) is 0 Å². The lowest BCUT2D eigenvalue weighted by molar-refractivity contribution is 0.0695. The van der Waals surface area contributed by atoms with E-state index in [1.807, 2.05) is 0 Å². The normalized spacial score (nSPS) is 10.2. The van der Waals surface area contributed by atoms with E-state index in [0.29, 0.717) is 11.3 Å². The van der Waals surface area contributed by atoms with Crippen molar-refractivity contribution < 1.29 is 14.7 Å². The number of hydrogen-bond acceptors (Lipinski definition) is 5. The maximum atomic E-state index is 11.7.